The first-order chi connectivity index (χ1) is 9.70. The molecule has 110 valence electrons. The minimum Gasteiger partial charge on any atom is -0.322 e. The van der Waals surface area contributed by atoms with E-state index in [1.165, 1.54) is 12.8 Å². The third-order valence-corrected chi connectivity index (χ3v) is 3.87. The van der Waals surface area contributed by atoms with Gasteiger partial charge in [0.1, 0.15) is 0 Å². The van der Waals surface area contributed by atoms with Crippen LogP contribution in [0, 0.1) is 6.92 Å². The molecule has 1 aliphatic heterocycles. The molecule has 0 aliphatic carbocycles. The zero-order chi connectivity index (χ0) is 14.4. The fraction of sp³-hybridized carbons (Fsp3) is 0.562. The fourth-order valence-electron chi connectivity index (χ4n) is 2.46. The van der Waals surface area contributed by atoms with E-state index in [-0.39, 0.29) is 6.03 Å². The van der Waals surface area contributed by atoms with Crippen LogP contribution in [0.25, 0.3) is 0 Å². The summed E-state index contributed by atoms with van der Waals surface area (Å²) in [7, 11) is 0. The highest BCUT2D eigenvalue weighted by Gasteiger charge is 2.20. The van der Waals surface area contributed by atoms with E-state index in [1.54, 1.807) is 0 Å². The lowest BCUT2D eigenvalue weighted by Crippen LogP contribution is -2.50. The molecule has 1 fully saturated rings. The number of piperazine rings is 1. The summed E-state index contributed by atoms with van der Waals surface area (Å²) in [5.74, 6) is 0. The van der Waals surface area contributed by atoms with Crippen molar-refractivity contribution in [1.82, 2.24) is 9.80 Å². The van der Waals surface area contributed by atoms with Gasteiger partial charge in [-0.25, -0.2) is 4.79 Å². The van der Waals surface area contributed by atoms with Gasteiger partial charge in [-0.05, 0) is 31.5 Å². The third-order valence-electron chi connectivity index (χ3n) is 3.87. The Bertz CT molecular complexity index is 439. The van der Waals surface area contributed by atoms with Gasteiger partial charge < -0.3 is 10.2 Å². The summed E-state index contributed by atoms with van der Waals surface area (Å²) in [5, 5.41) is 3.01. The Morgan fingerprint density at radius 3 is 2.55 bits per heavy atom. The number of benzene rings is 1. The number of amides is 2. The second-order valence-corrected chi connectivity index (χ2v) is 5.43. The Balaban J connectivity index is 1.82. The fourth-order valence-corrected chi connectivity index (χ4v) is 2.46. The van der Waals surface area contributed by atoms with Crippen LogP contribution < -0.4 is 5.32 Å². The van der Waals surface area contributed by atoms with E-state index in [1.807, 2.05) is 36.1 Å². The number of nitrogens with one attached hydrogen (secondary N) is 1. The Morgan fingerprint density at radius 2 is 1.90 bits per heavy atom. The van der Waals surface area contributed by atoms with Gasteiger partial charge >= 0.3 is 6.03 Å². The number of hydrogen-bond donors (Lipinski definition) is 1. The van der Waals surface area contributed by atoms with Gasteiger partial charge in [-0.2, -0.15) is 0 Å². The second-order valence-electron chi connectivity index (χ2n) is 5.43. The molecule has 0 unspecified atom stereocenters. The molecule has 1 aromatic carbocycles. The van der Waals surface area contributed by atoms with E-state index in [9.17, 15) is 4.79 Å². The molecule has 0 aromatic heterocycles. The van der Waals surface area contributed by atoms with Gasteiger partial charge in [-0.1, -0.05) is 31.5 Å². The maximum Gasteiger partial charge on any atom is 0.321 e. The smallest absolute Gasteiger partial charge is 0.321 e. The SMILES string of the molecule is CCCCN1CCN(C(=O)Nc2ccccc2C)CC1. The molecule has 0 spiro atoms. The third kappa shape index (κ3) is 3.97. The average Bonchev–Trinajstić information content (AvgIpc) is 2.48. The number of carbonyl (C=O) groups excluding carboxylic acids is 1. The van der Waals surface area contributed by atoms with E-state index in [2.05, 4.69) is 17.1 Å². The Morgan fingerprint density at radius 1 is 1.20 bits per heavy atom. The summed E-state index contributed by atoms with van der Waals surface area (Å²) in [4.78, 5) is 16.6. The lowest BCUT2D eigenvalue weighted by atomic mass is 10.2. The normalized spacial score (nSPS) is 16.2. The van der Waals surface area contributed by atoms with Crippen LogP contribution in [0.15, 0.2) is 24.3 Å². The molecule has 4 heteroatoms. The summed E-state index contributed by atoms with van der Waals surface area (Å²) >= 11 is 0. The first-order valence-electron chi connectivity index (χ1n) is 7.54. The van der Waals surface area contributed by atoms with Crippen LogP contribution in [-0.4, -0.2) is 48.6 Å². The minimum absolute atomic E-state index is 0.0226. The van der Waals surface area contributed by atoms with Crippen LogP contribution in [0.5, 0.6) is 0 Å². The summed E-state index contributed by atoms with van der Waals surface area (Å²) in [5.41, 5.74) is 2.01. The van der Waals surface area contributed by atoms with Crippen molar-refractivity contribution >= 4 is 11.7 Å². The highest BCUT2D eigenvalue weighted by Crippen LogP contribution is 2.14. The van der Waals surface area contributed by atoms with Crippen molar-refractivity contribution in [3.8, 4) is 0 Å². The van der Waals surface area contributed by atoms with E-state index in [4.69, 9.17) is 0 Å². The standard InChI is InChI=1S/C16H25N3O/c1-3-4-9-18-10-12-19(13-11-18)16(20)17-15-8-6-5-7-14(15)2/h5-8H,3-4,9-13H2,1-2H3,(H,17,20). The second kappa shape index (κ2) is 7.29. The molecule has 0 bridgehead atoms. The molecule has 1 aliphatic rings. The number of nitrogens with zero attached hydrogens (tertiary/aromatic N) is 2. The van der Waals surface area contributed by atoms with E-state index in [0.29, 0.717) is 0 Å². The summed E-state index contributed by atoms with van der Waals surface area (Å²) < 4.78 is 0. The Labute approximate surface area is 121 Å². The van der Waals surface area contributed by atoms with Crippen molar-refractivity contribution in [3.63, 3.8) is 0 Å². The van der Waals surface area contributed by atoms with Crippen molar-refractivity contribution in [3.05, 3.63) is 29.8 Å². The van der Waals surface area contributed by atoms with Crippen LogP contribution in [0.1, 0.15) is 25.3 Å². The van der Waals surface area contributed by atoms with Gasteiger partial charge in [0.2, 0.25) is 0 Å². The molecule has 1 heterocycles. The molecule has 0 saturated carbocycles. The highest BCUT2D eigenvalue weighted by atomic mass is 16.2. The molecule has 1 saturated heterocycles. The first-order valence-corrected chi connectivity index (χ1v) is 7.54. The van der Waals surface area contributed by atoms with Crippen molar-refractivity contribution in [2.24, 2.45) is 0 Å². The zero-order valence-corrected chi connectivity index (χ0v) is 12.6. The predicted molar refractivity (Wildman–Crippen MR) is 83.1 cm³/mol. The van der Waals surface area contributed by atoms with Crippen LogP contribution in [0.2, 0.25) is 0 Å². The first kappa shape index (κ1) is 14.9. The monoisotopic (exact) mass is 275 g/mol. The van der Waals surface area contributed by atoms with Crippen molar-refractivity contribution in [2.75, 3.05) is 38.0 Å². The molecule has 2 amide bonds. The average molecular weight is 275 g/mol. The van der Waals surface area contributed by atoms with E-state index in [0.717, 1.165) is 44.0 Å². The molecule has 1 N–H and O–H groups in total. The van der Waals surface area contributed by atoms with Gasteiger partial charge in [0.25, 0.3) is 0 Å². The molecule has 0 atom stereocenters. The number of para-hydroxylation sites is 1. The number of unbranched alkanes of at least 4 members (excludes halogenated alkanes) is 1. The summed E-state index contributed by atoms with van der Waals surface area (Å²) in [6, 6.07) is 7.92. The van der Waals surface area contributed by atoms with Crippen molar-refractivity contribution < 1.29 is 4.79 Å². The van der Waals surface area contributed by atoms with Crippen molar-refractivity contribution in [1.29, 1.82) is 0 Å². The van der Waals surface area contributed by atoms with Gasteiger partial charge in [0.05, 0.1) is 0 Å². The Hall–Kier alpha value is -1.55. The van der Waals surface area contributed by atoms with Crippen LogP contribution in [-0.2, 0) is 0 Å². The number of aryl methyl sites for hydroxylation is 1. The number of urea groups is 1. The molecule has 1 aromatic rings. The minimum atomic E-state index is 0.0226. The van der Waals surface area contributed by atoms with Crippen molar-refractivity contribution in [2.45, 2.75) is 26.7 Å². The molecular formula is C16H25N3O. The highest BCUT2D eigenvalue weighted by molar-refractivity contribution is 5.90. The molecular weight excluding hydrogens is 250 g/mol. The molecule has 0 radical (unpaired) electrons. The quantitative estimate of drug-likeness (QED) is 0.917. The van der Waals surface area contributed by atoms with Gasteiger partial charge in [-0.3, -0.25) is 4.90 Å². The Kier molecular flexibility index (Phi) is 5.41. The summed E-state index contributed by atoms with van der Waals surface area (Å²) in [6.07, 6.45) is 2.48. The topological polar surface area (TPSA) is 35.6 Å². The molecule has 4 nitrogen and oxygen atoms in total. The number of hydrogen-bond acceptors (Lipinski definition) is 2. The number of carbonyl (C=O) groups is 1. The zero-order valence-electron chi connectivity index (χ0n) is 12.6. The molecule has 20 heavy (non-hydrogen) atoms. The number of rotatable bonds is 4. The maximum absolute atomic E-state index is 12.2. The van der Waals surface area contributed by atoms with E-state index < -0.39 is 0 Å². The van der Waals surface area contributed by atoms with Gasteiger partial charge in [0.15, 0.2) is 0 Å². The maximum atomic E-state index is 12.2. The lowest BCUT2D eigenvalue weighted by Gasteiger charge is -2.34. The predicted octanol–water partition coefficient (Wildman–Crippen LogP) is 2.94. The van der Waals surface area contributed by atoms with Gasteiger partial charge in [-0.15, -0.1) is 0 Å². The van der Waals surface area contributed by atoms with Gasteiger partial charge in [0, 0.05) is 31.9 Å². The van der Waals surface area contributed by atoms with Crippen LogP contribution in [0.3, 0.4) is 0 Å². The lowest BCUT2D eigenvalue weighted by molar-refractivity contribution is 0.146. The van der Waals surface area contributed by atoms with E-state index >= 15 is 0 Å². The van der Waals surface area contributed by atoms with Crippen LogP contribution >= 0.6 is 0 Å². The molecule has 2 rings (SSSR count). The largest absolute Gasteiger partial charge is 0.322 e. The van der Waals surface area contributed by atoms with Crippen LogP contribution in [0.4, 0.5) is 10.5 Å². The summed E-state index contributed by atoms with van der Waals surface area (Å²) in [6.45, 7) is 9.00. The number of anilines is 1.